The van der Waals surface area contributed by atoms with Gasteiger partial charge in [-0.05, 0) is 12.3 Å². The molecule has 0 aromatic rings. The first-order valence-electron chi connectivity index (χ1n) is 7.39. The Morgan fingerprint density at radius 3 is 2.20 bits per heavy atom. The van der Waals surface area contributed by atoms with Gasteiger partial charge in [0.2, 0.25) is 5.91 Å². The molecule has 0 aromatic carbocycles. The van der Waals surface area contributed by atoms with Gasteiger partial charge in [0.25, 0.3) is 0 Å². The quantitative estimate of drug-likeness (QED) is 0.317. The number of carbonyl (C=O) groups is 1. The smallest absolute Gasteiger partial charge is 0.221 e. The molecule has 0 spiro atoms. The Balaban J connectivity index is 0. The second-order valence-corrected chi connectivity index (χ2v) is 4.66. The third-order valence-electron chi connectivity index (χ3n) is 3.15. The molecule has 0 aliphatic rings. The Morgan fingerprint density at radius 2 is 1.70 bits per heavy atom. The Hall–Kier alpha value is -0.530. The van der Waals surface area contributed by atoms with Crippen molar-refractivity contribution in [3.63, 3.8) is 0 Å². The van der Waals surface area contributed by atoms with Crippen LogP contribution in [0.25, 0.3) is 0 Å². The Bertz CT molecular complexity index is 268. The molecule has 0 aromatic heterocycles. The van der Waals surface area contributed by atoms with Gasteiger partial charge in [-0.15, -0.1) is 24.0 Å². The molecule has 0 saturated heterocycles. The zero-order chi connectivity index (χ0) is 14.5. The number of amides is 1. The molecule has 20 heavy (non-hydrogen) atoms. The summed E-state index contributed by atoms with van der Waals surface area (Å²) in [4.78, 5) is 15.6. The maximum absolute atomic E-state index is 11.4. The average molecular weight is 398 g/mol. The lowest BCUT2D eigenvalue weighted by Gasteiger charge is -2.16. The van der Waals surface area contributed by atoms with E-state index in [2.05, 4.69) is 34.8 Å². The van der Waals surface area contributed by atoms with Crippen molar-refractivity contribution in [1.82, 2.24) is 16.0 Å². The number of rotatable bonds is 9. The summed E-state index contributed by atoms with van der Waals surface area (Å²) in [6.07, 6.45) is 3.78. The molecule has 0 aliphatic heterocycles. The van der Waals surface area contributed by atoms with Crippen LogP contribution in [0.15, 0.2) is 4.99 Å². The monoisotopic (exact) mass is 398 g/mol. The van der Waals surface area contributed by atoms with E-state index in [-0.39, 0.29) is 29.9 Å². The maximum Gasteiger partial charge on any atom is 0.221 e. The molecule has 0 saturated carbocycles. The van der Waals surface area contributed by atoms with Gasteiger partial charge >= 0.3 is 0 Å². The molecular weight excluding hydrogens is 367 g/mol. The topological polar surface area (TPSA) is 65.5 Å². The molecule has 0 radical (unpaired) electrons. The predicted molar refractivity (Wildman–Crippen MR) is 96.8 cm³/mol. The molecule has 0 heterocycles. The van der Waals surface area contributed by atoms with Crippen molar-refractivity contribution in [2.45, 2.75) is 46.5 Å². The summed E-state index contributed by atoms with van der Waals surface area (Å²) in [5.74, 6) is 1.53. The van der Waals surface area contributed by atoms with Gasteiger partial charge in [-0.25, -0.2) is 0 Å². The van der Waals surface area contributed by atoms with E-state index in [0.717, 1.165) is 25.5 Å². The minimum absolute atomic E-state index is 0. The maximum atomic E-state index is 11.4. The van der Waals surface area contributed by atoms with Crippen molar-refractivity contribution in [2.75, 3.05) is 26.7 Å². The van der Waals surface area contributed by atoms with Crippen LogP contribution in [0.2, 0.25) is 0 Å². The van der Waals surface area contributed by atoms with Crippen LogP contribution in [0.3, 0.4) is 0 Å². The summed E-state index contributed by atoms with van der Waals surface area (Å²) >= 11 is 0. The van der Waals surface area contributed by atoms with Crippen LogP contribution in [-0.4, -0.2) is 38.5 Å². The molecular formula is C14H31IN4O. The van der Waals surface area contributed by atoms with Crippen molar-refractivity contribution in [3.8, 4) is 0 Å². The minimum atomic E-state index is 0. The average Bonchev–Trinajstić information content (AvgIpc) is 2.44. The molecule has 5 nitrogen and oxygen atoms in total. The summed E-state index contributed by atoms with van der Waals surface area (Å²) in [6, 6.07) is 0. The third kappa shape index (κ3) is 11.3. The van der Waals surface area contributed by atoms with Gasteiger partial charge in [0.15, 0.2) is 5.96 Å². The van der Waals surface area contributed by atoms with Crippen LogP contribution in [0.1, 0.15) is 46.5 Å². The zero-order valence-corrected chi connectivity index (χ0v) is 15.6. The van der Waals surface area contributed by atoms with E-state index >= 15 is 0 Å². The standard InChI is InChI=1S/C14H30N4O.HI/c1-5-9-16-13(19)8-10-17-14(15-4)18-11-12(6-2)7-3;/h12H,5-11H2,1-4H3,(H,16,19)(H2,15,17,18);1H. The third-order valence-corrected chi connectivity index (χ3v) is 3.15. The fraction of sp³-hybridized carbons (Fsp3) is 0.857. The first-order valence-corrected chi connectivity index (χ1v) is 7.39. The normalized spacial score (nSPS) is 10.9. The van der Waals surface area contributed by atoms with Gasteiger partial charge in [0.1, 0.15) is 0 Å². The van der Waals surface area contributed by atoms with Crippen LogP contribution >= 0.6 is 24.0 Å². The number of nitrogens with one attached hydrogen (secondary N) is 3. The van der Waals surface area contributed by atoms with Crippen LogP contribution in [-0.2, 0) is 4.79 Å². The Labute approximate surface area is 140 Å². The molecule has 0 aliphatic carbocycles. The number of carbonyl (C=O) groups excluding carboxylic acids is 1. The largest absolute Gasteiger partial charge is 0.356 e. The minimum Gasteiger partial charge on any atom is -0.356 e. The van der Waals surface area contributed by atoms with E-state index in [1.54, 1.807) is 7.05 Å². The lowest BCUT2D eigenvalue weighted by Crippen LogP contribution is -2.41. The van der Waals surface area contributed by atoms with Crippen LogP contribution < -0.4 is 16.0 Å². The predicted octanol–water partition coefficient (Wildman–Crippen LogP) is 2.12. The van der Waals surface area contributed by atoms with Crippen molar-refractivity contribution < 1.29 is 4.79 Å². The SMILES string of the molecule is CCCNC(=O)CCNC(=NC)NCC(CC)CC.I. The highest BCUT2D eigenvalue weighted by Crippen LogP contribution is 2.04. The van der Waals surface area contributed by atoms with Gasteiger partial charge < -0.3 is 16.0 Å². The second kappa shape index (κ2) is 14.9. The summed E-state index contributed by atoms with van der Waals surface area (Å²) in [5.41, 5.74) is 0. The van der Waals surface area contributed by atoms with Crippen LogP contribution in [0.5, 0.6) is 0 Å². The number of halogens is 1. The molecule has 120 valence electrons. The number of nitrogens with zero attached hydrogens (tertiary/aromatic N) is 1. The second-order valence-electron chi connectivity index (χ2n) is 4.66. The van der Waals surface area contributed by atoms with Gasteiger partial charge in [-0.2, -0.15) is 0 Å². The van der Waals surface area contributed by atoms with E-state index in [9.17, 15) is 4.79 Å². The van der Waals surface area contributed by atoms with E-state index in [1.165, 1.54) is 12.8 Å². The fourth-order valence-corrected chi connectivity index (χ4v) is 1.69. The molecule has 0 fully saturated rings. The fourth-order valence-electron chi connectivity index (χ4n) is 1.69. The lowest BCUT2D eigenvalue weighted by molar-refractivity contribution is -0.120. The number of hydrogen-bond donors (Lipinski definition) is 3. The first kappa shape index (κ1) is 21.8. The molecule has 0 unspecified atom stereocenters. The zero-order valence-electron chi connectivity index (χ0n) is 13.3. The molecule has 6 heteroatoms. The Morgan fingerprint density at radius 1 is 1.05 bits per heavy atom. The summed E-state index contributed by atoms with van der Waals surface area (Å²) < 4.78 is 0. The van der Waals surface area contributed by atoms with Crippen molar-refractivity contribution in [1.29, 1.82) is 0 Å². The molecule has 0 bridgehead atoms. The highest BCUT2D eigenvalue weighted by atomic mass is 127. The van der Waals surface area contributed by atoms with E-state index in [4.69, 9.17) is 0 Å². The van der Waals surface area contributed by atoms with Gasteiger partial charge in [0.05, 0.1) is 0 Å². The summed E-state index contributed by atoms with van der Waals surface area (Å²) in [7, 11) is 1.75. The van der Waals surface area contributed by atoms with Crippen molar-refractivity contribution in [2.24, 2.45) is 10.9 Å². The highest BCUT2D eigenvalue weighted by molar-refractivity contribution is 14.0. The number of aliphatic imine (C=N–C) groups is 1. The van der Waals surface area contributed by atoms with Crippen LogP contribution in [0, 0.1) is 5.92 Å². The van der Waals surface area contributed by atoms with E-state index in [1.807, 2.05) is 6.92 Å². The summed E-state index contributed by atoms with van der Waals surface area (Å²) in [6.45, 7) is 8.73. The summed E-state index contributed by atoms with van der Waals surface area (Å²) in [5, 5.41) is 9.31. The van der Waals surface area contributed by atoms with Crippen LogP contribution in [0.4, 0.5) is 0 Å². The van der Waals surface area contributed by atoms with Gasteiger partial charge in [-0.1, -0.05) is 33.6 Å². The van der Waals surface area contributed by atoms with Gasteiger partial charge in [-0.3, -0.25) is 9.79 Å². The molecule has 1 amide bonds. The number of hydrogen-bond acceptors (Lipinski definition) is 2. The van der Waals surface area contributed by atoms with E-state index < -0.39 is 0 Å². The molecule has 0 rings (SSSR count). The first-order chi connectivity index (χ1) is 9.17. The molecule has 3 N–H and O–H groups in total. The lowest BCUT2D eigenvalue weighted by atomic mass is 10.0. The highest BCUT2D eigenvalue weighted by Gasteiger charge is 2.05. The Kier molecular flexibility index (Phi) is 16.2. The van der Waals surface area contributed by atoms with Gasteiger partial charge in [0, 0.05) is 33.1 Å². The molecule has 0 atom stereocenters. The number of guanidine groups is 1. The van der Waals surface area contributed by atoms with Crippen molar-refractivity contribution >= 4 is 35.8 Å². The van der Waals surface area contributed by atoms with Crippen molar-refractivity contribution in [3.05, 3.63) is 0 Å². The van der Waals surface area contributed by atoms with E-state index in [0.29, 0.717) is 18.9 Å².